The van der Waals surface area contributed by atoms with Gasteiger partial charge in [-0.1, -0.05) is 22.0 Å². The lowest BCUT2D eigenvalue weighted by atomic mass is 9.98. The van der Waals surface area contributed by atoms with Crippen molar-refractivity contribution in [1.29, 1.82) is 0 Å². The molecule has 0 bridgehead atoms. The molecule has 1 N–H and O–H groups in total. The molecule has 3 rings (SSSR count). The molecule has 0 aliphatic carbocycles. The highest BCUT2D eigenvalue weighted by molar-refractivity contribution is 9.10. The second-order valence-corrected chi connectivity index (χ2v) is 6.61. The summed E-state index contributed by atoms with van der Waals surface area (Å²) in [6.45, 7) is 3.80. The van der Waals surface area contributed by atoms with Crippen molar-refractivity contribution in [1.82, 2.24) is 10.2 Å². The van der Waals surface area contributed by atoms with Crippen LogP contribution in [0.4, 0.5) is 4.39 Å². The first kappa shape index (κ1) is 14.2. The molecule has 1 aliphatic heterocycles. The third kappa shape index (κ3) is 2.96. The molecule has 1 saturated heterocycles. The maximum absolute atomic E-state index is 14.4. The van der Waals surface area contributed by atoms with E-state index in [-0.39, 0.29) is 11.9 Å². The number of hydrogen-bond acceptors (Lipinski definition) is 3. The Bertz CT molecular complexity index is 567. The molecular weight excluding hydrogens is 339 g/mol. The van der Waals surface area contributed by atoms with E-state index in [0.29, 0.717) is 0 Å². The molecule has 2 nitrogen and oxygen atoms in total. The molecule has 1 fully saturated rings. The Labute approximate surface area is 130 Å². The molecule has 2 heterocycles. The Morgan fingerprint density at radius 2 is 2.05 bits per heavy atom. The number of nitrogens with zero attached hydrogens (tertiary/aromatic N) is 1. The smallest absolute Gasteiger partial charge is 0.129 e. The first-order chi connectivity index (χ1) is 9.75. The molecule has 106 valence electrons. The zero-order chi connectivity index (χ0) is 13.9. The fourth-order valence-corrected chi connectivity index (χ4v) is 3.69. The van der Waals surface area contributed by atoms with Gasteiger partial charge in [0.25, 0.3) is 0 Å². The van der Waals surface area contributed by atoms with Crippen LogP contribution >= 0.6 is 27.3 Å². The van der Waals surface area contributed by atoms with Crippen LogP contribution in [-0.2, 0) is 0 Å². The molecular formula is C15H16BrFN2S. The molecule has 2 aromatic rings. The van der Waals surface area contributed by atoms with Gasteiger partial charge in [0, 0.05) is 36.2 Å². The van der Waals surface area contributed by atoms with Gasteiger partial charge >= 0.3 is 0 Å². The zero-order valence-corrected chi connectivity index (χ0v) is 13.4. The molecule has 0 unspecified atom stereocenters. The molecule has 1 aromatic carbocycles. The molecule has 0 saturated carbocycles. The average Bonchev–Trinajstić information content (AvgIpc) is 2.97. The zero-order valence-electron chi connectivity index (χ0n) is 11.0. The van der Waals surface area contributed by atoms with E-state index in [1.165, 1.54) is 5.56 Å². The van der Waals surface area contributed by atoms with E-state index in [1.54, 1.807) is 17.4 Å². The standard InChI is InChI=1S/C15H16BrFN2S/c16-12-1-2-13(14(17)9-12)15(11-3-8-20-10-11)19-6-4-18-5-7-19/h1-3,8-10,15,18H,4-7H2/t15-/m1/s1. The van der Waals surface area contributed by atoms with Crippen LogP contribution in [0.2, 0.25) is 0 Å². The van der Waals surface area contributed by atoms with Crippen molar-refractivity contribution >= 4 is 27.3 Å². The predicted molar refractivity (Wildman–Crippen MR) is 84.7 cm³/mol. The lowest BCUT2D eigenvalue weighted by Gasteiger charge is -2.35. The van der Waals surface area contributed by atoms with Crippen molar-refractivity contribution in [3.05, 3.63) is 56.4 Å². The van der Waals surface area contributed by atoms with Gasteiger partial charge in [0.15, 0.2) is 0 Å². The van der Waals surface area contributed by atoms with Gasteiger partial charge in [0.05, 0.1) is 6.04 Å². The quantitative estimate of drug-likeness (QED) is 0.904. The average molecular weight is 355 g/mol. The minimum atomic E-state index is -0.144. The molecule has 0 radical (unpaired) electrons. The van der Waals surface area contributed by atoms with Crippen LogP contribution in [0.15, 0.2) is 39.5 Å². The summed E-state index contributed by atoms with van der Waals surface area (Å²) in [5.41, 5.74) is 1.94. The summed E-state index contributed by atoms with van der Waals surface area (Å²) in [5.74, 6) is -0.144. The maximum Gasteiger partial charge on any atom is 0.129 e. The molecule has 1 atom stereocenters. The Morgan fingerprint density at radius 3 is 2.70 bits per heavy atom. The van der Waals surface area contributed by atoms with Crippen LogP contribution in [0.1, 0.15) is 17.2 Å². The molecule has 1 aliphatic rings. The van der Waals surface area contributed by atoms with E-state index < -0.39 is 0 Å². The van der Waals surface area contributed by atoms with Crippen molar-refractivity contribution in [2.75, 3.05) is 26.2 Å². The lowest BCUT2D eigenvalue weighted by molar-refractivity contribution is 0.195. The van der Waals surface area contributed by atoms with Gasteiger partial charge < -0.3 is 5.32 Å². The highest BCUT2D eigenvalue weighted by atomic mass is 79.9. The SMILES string of the molecule is Fc1cc(Br)ccc1[C@@H](c1ccsc1)N1CCNCC1. The molecule has 1 aromatic heterocycles. The van der Waals surface area contributed by atoms with E-state index in [4.69, 9.17) is 0 Å². The monoisotopic (exact) mass is 354 g/mol. The molecule has 0 amide bonds. The van der Waals surface area contributed by atoms with E-state index in [1.807, 2.05) is 12.1 Å². The van der Waals surface area contributed by atoms with Gasteiger partial charge in [-0.05, 0) is 34.5 Å². The number of halogens is 2. The number of hydrogen-bond donors (Lipinski definition) is 1. The highest BCUT2D eigenvalue weighted by Crippen LogP contribution is 2.33. The summed E-state index contributed by atoms with van der Waals surface area (Å²) in [6.07, 6.45) is 0. The minimum Gasteiger partial charge on any atom is -0.314 e. The van der Waals surface area contributed by atoms with Crippen molar-refractivity contribution in [3.8, 4) is 0 Å². The first-order valence-corrected chi connectivity index (χ1v) is 8.41. The van der Waals surface area contributed by atoms with Crippen LogP contribution in [0, 0.1) is 5.82 Å². The number of piperazine rings is 1. The second kappa shape index (κ2) is 6.35. The van der Waals surface area contributed by atoms with E-state index >= 15 is 0 Å². The van der Waals surface area contributed by atoms with Crippen molar-refractivity contribution in [3.63, 3.8) is 0 Å². The van der Waals surface area contributed by atoms with Crippen LogP contribution < -0.4 is 5.32 Å². The molecule has 20 heavy (non-hydrogen) atoms. The minimum absolute atomic E-state index is 0.0106. The van der Waals surface area contributed by atoms with Crippen LogP contribution in [0.3, 0.4) is 0 Å². The van der Waals surface area contributed by atoms with Crippen molar-refractivity contribution in [2.45, 2.75) is 6.04 Å². The lowest BCUT2D eigenvalue weighted by Crippen LogP contribution is -2.45. The third-order valence-corrected chi connectivity index (χ3v) is 4.83. The normalized spacial score (nSPS) is 18.1. The van der Waals surface area contributed by atoms with Gasteiger partial charge in [0.2, 0.25) is 0 Å². The summed E-state index contributed by atoms with van der Waals surface area (Å²) in [5, 5.41) is 7.53. The van der Waals surface area contributed by atoms with E-state index in [0.717, 1.165) is 36.2 Å². The van der Waals surface area contributed by atoms with Gasteiger partial charge in [-0.3, -0.25) is 4.90 Å². The second-order valence-electron chi connectivity index (χ2n) is 4.91. The van der Waals surface area contributed by atoms with E-state index in [9.17, 15) is 4.39 Å². The highest BCUT2D eigenvalue weighted by Gasteiger charge is 2.26. The Kier molecular flexibility index (Phi) is 4.51. The Morgan fingerprint density at radius 1 is 1.25 bits per heavy atom. The molecule has 5 heteroatoms. The number of benzene rings is 1. The van der Waals surface area contributed by atoms with Crippen LogP contribution in [0.5, 0.6) is 0 Å². The van der Waals surface area contributed by atoms with Crippen LogP contribution in [-0.4, -0.2) is 31.1 Å². The Balaban J connectivity index is 2.00. The third-order valence-electron chi connectivity index (χ3n) is 3.63. The van der Waals surface area contributed by atoms with Crippen LogP contribution in [0.25, 0.3) is 0 Å². The maximum atomic E-state index is 14.4. The van der Waals surface area contributed by atoms with Gasteiger partial charge in [-0.25, -0.2) is 4.39 Å². The Hall–Kier alpha value is -0.750. The summed E-state index contributed by atoms with van der Waals surface area (Å²) in [6, 6.07) is 7.47. The fourth-order valence-electron chi connectivity index (χ4n) is 2.68. The largest absolute Gasteiger partial charge is 0.314 e. The topological polar surface area (TPSA) is 15.3 Å². The van der Waals surface area contributed by atoms with Gasteiger partial charge in [-0.15, -0.1) is 0 Å². The van der Waals surface area contributed by atoms with Gasteiger partial charge in [0.1, 0.15) is 5.82 Å². The van der Waals surface area contributed by atoms with E-state index in [2.05, 4.69) is 43.0 Å². The number of nitrogens with one attached hydrogen (secondary N) is 1. The number of thiophene rings is 1. The summed E-state index contributed by atoms with van der Waals surface area (Å²) in [7, 11) is 0. The van der Waals surface area contributed by atoms with Gasteiger partial charge in [-0.2, -0.15) is 11.3 Å². The molecule has 0 spiro atoms. The summed E-state index contributed by atoms with van der Waals surface area (Å²) >= 11 is 4.99. The first-order valence-electron chi connectivity index (χ1n) is 6.67. The van der Waals surface area contributed by atoms with Crippen molar-refractivity contribution < 1.29 is 4.39 Å². The number of rotatable bonds is 3. The van der Waals surface area contributed by atoms with Crippen molar-refractivity contribution in [2.24, 2.45) is 0 Å². The fraction of sp³-hybridized carbons (Fsp3) is 0.333. The predicted octanol–water partition coefficient (Wildman–Crippen LogP) is 3.64. The summed E-state index contributed by atoms with van der Waals surface area (Å²) < 4.78 is 15.2. The summed E-state index contributed by atoms with van der Waals surface area (Å²) in [4.78, 5) is 2.35.